The molecule has 0 spiro atoms. The number of halogens is 1. The molecule has 2 aromatic carbocycles. The number of carbonyl (C=O) groups is 2. The highest BCUT2D eigenvalue weighted by molar-refractivity contribution is 6.46. The van der Waals surface area contributed by atoms with E-state index in [1.165, 1.54) is 29.2 Å². The molecule has 0 bridgehead atoms. The van der Waals surface area contributed by atoms with E-state index in [1.54, 1.807) is 24.3 Å². The number of ketones is 1. The zero-order valence-electron chi connectivity index (χ0n) is 16.4. The van der Waals surface area contributed by atoms with Gasteiger partial charge in [0.15, 0.2) is 0 Å². The summed E-state index contributed by atoms with van der Waals surface area (Å²) in [6.07, 6.45) is 1.41. The molecule has 8 nitrogen and oxygen atoms in total. The summed E-state index contributed by atoms with van der Waals surface area (Å²) in [6, 6.07) is 11.0. The van der Waals surface area contributed by atoms with Crippen molar-refractivity contribution >= 4 is 34.7 Å². The van der Waals surface area contributed by atoms with Crippen molar-refractivity contribution in [2.45, 2.75) is 25.0 Å². The largest absolute Gasteiger partial charge is 0.507 e. The van der Waals surface area contributed by atoms with Gasteiger partial charge in [-0.2, -0.15) is 0 Å². The van der Waals surface area contributed by atoms with Crippen LogP contribution in [-0.4, -0.2) is 45.9 Å². The number of benzene rings is 2. The van der Waals surface area contributed by atoms with E-state index in [1.807, 2.05) is 0 Å². The number of hydrogen-bond donors (Lipinski definition) is 1. The topological polar surface area (TPSA) is 110 Å². The molecule has 0 aromatic heterocycles. The number of amides is 1. The fraction of sp³-hybridized carbons (Fsp3) is 0.273. The number of hydrogen-bond acceptors (Lipinski definition) is 6. The minimum absolute atomic E-state index is 0.0702. The number of rotatable bonds is 5. The quantitative estimate of drug-likeness (QED) is 0.247. The number of ether oxygens (including phenoxy) is 1. The molecule has 2 heterocycles. The third-order valence-electron chi connectivity index (χ3n) is 5.50. The standard InChI is InChI=1S/C22H19ClN2O6/c23-15-7-3-14(4-8-15)20(26)18-19(13-5-9-16(10-6-13)25(29)30)24(22(28)21(18)27)12-17-2-1-11-31-17/h3-10,17,19,26H,1-2,11-12H2/t17-,19-/m0/s1. The third-order valence-corrected chi connectivity index (χ3v) is 5.75. The van der Waals surface area contributed by atoms with Gasteiger partial charge in [-0.3, -0.25) is 19.7 Å². The molecular formula is C22H19ClN2O6. The minimum atomic E-state index is -0.888. The van der Waals surface area contributed by atoms with Crippen molar-refractivity contribution in [2.24, 2.45) is 0 Å². The minimum Gasteiger partial charge on any atom is -0.507 e. The van der Waals surface area contributed by atoms with E-state index < -0.39 is 22.7 Å². The zero-order valence-corrected chi connectivity index (χ0v) is 17.1. The molecule has 0 radical (unpaired) electrons. The molecule has 1 N–H and O–H groups in total. The molecule has 1 amide bonds. The van der Waals surface area contributed by atoms with Gasteiger partial charge in [0.25, 0.3) is 17.4 Å². The van der Waals surface area contributed by atoms with Gasteiger partial charge in [0.2, 0.25) is 0 Å². The van der Waals surface area contributed by atoms with Gasteiger partial charge < -0.3 is 14.7 Å². The molecule has 2 aliphatic heterocycles. The van der Waals surface area contributed by atoms with E-state index >= 15 is 0 Å². The maximum atomic E-state index is 12.9. The summed E-state index contributed by atoms with van der Waals surface area (Å²) in [7, 11) is 0. The molecule has 0 aliphatic carbocycles. The Balaban J connectivity index is 1.81. The Labute approximate surface area is 182 Å². The second-order valence-corrected chi connectivity index (χ2v) is 7.88. The van der Waals surface area contributed by atoms with Gasteiger partial charge in [-0.15, -0.1) is 0 Å². The van der Waals surface area contributed by atoms with Gasteiger partial charge in [0.05, 0.1) is 22.6 Å². The number of nitrogens with zero attached hydrogens (tertiary/aromatic N) is 2. The van der Waals surface area contributed by atoms with Gasteiger partial charge >= 0.3 is 0 Å². The van der Waals surface area contributed by atoms with Gasteiger partial charge in [0.1, 0.15) is 5.76 Å². The molecule has 160 valence electrons. The molecule has 0 unspecified atom stereocenters. The molecule has 2 aromatic rings. The Morgan fingerprint density at radius 3 is 2.42 bits per heavy atom. The molecular weight excluding hydrogens is 424 g/mol. The van der Waals surface area contributed by atoms with Crippen molar-refractivity contribution in [3.05, 3.63) is 80.4 Å². The lowest BCUT2D eigenvalue weighted by molar-refractivity contribution is -0.384. The first-order chi connectivity index (χ1) is 14.9. The fourth-order valence-electron chi connectivity index (χ4n) is 3.96. The monoisotopic (exact) mass is 442 g/mol. The van der Waals surface area contributed by atoms with Crippen molar-refractivity contribution in [1.29, 1.82) is 0 Å². The van der Waals surface area contributed by atoms with Crippen LogP contribution in [0.15, 0.2) is 54.1 Å². The summed E-state index contributed by atoms with van der Waals surface area (Å²) in [5.74, 6) is -1.88. The Bertz CT molecular complexity index is 1060. The Morgan fingerprint density at radius 1 is 1.16 bits per heavy atom. The lowest BCUT2D eigenvalue weighted by Crippen LogP contribution is -2.36. The molecule has 2 aliphatic rings. The van der Waals surface area contributed by atoms with Crippen LogP contribution in [0.2, 0.25) is 5.02 Å². The third kappa shape index (κ3) is 4.04. The van der Waals surface area contributed by atoms with Crippen LogP contribution in [0.4, 0.5) is 5.69 Å². The fourth-order valence-corrected chi connectivity index (χ4v) is 4.09. The van der Waals surface area contributed by atoms with E-state index in [4.69, 9.17) is 16.3 Å². The van der Waals surface area contributed by atoms with E-state index in [0.29, 0.717) is 22.8 Å². The molecule has 2 saturated heterocycles. The molecule has 9 heteroatoms. The number of nitro groups is 1. The number of carbonyl (C=O) groups excluding carboxylic acids is 2. The lowest BCUT2D eigenvalue weighted by Gasteiger charge is -2.27. The number of aliphatic hydroxyl groups excluding tert-OH is 1. The predicted molar refractivity (Wildman–Crippen MR) is 113 cm³/mol. The van der Waals surface area contributed by atoms with Crippen LogP contribution >= 0.6 is 11.6 Å². The highest BCUT2D eigenvalue weighted by atomic mass is 35.5. The molecule has 0 saturated carbocycles. The summed E-state index contributed by atoms with van der Waals surface area (Å²) in [4.78, 5) is 37.7. The molecule has 2 fully saturated rings. The van der Waals surface area contributed by atoms with E-state index in [-0.39, 0.29) is 29.7 Å². The summed E-state index contributed by atoms with van der Waals surface area (Å²) >= 11 is 5.92. The predicted octanol–water partition coefficient (Wildman–Crippen LogP) is 3.85. The second-order valence-electron chi connectivity index (χ2n) is 7.44. The summed E-state index contributed by atoms with van der Waals surface area (Å²) in [5.41, 5.74) is 0.640. The molecule has 31 heavy (non-hydrogen) atoms. The van der Waals surface area contributed by atoms with Gasteiger partial charge in [-0.25, -0.2) is 0 Å². The number of likely N-dealkylation sites (tertiary alicyclic amines) is 1. The van der Waals surface area contributed by atoms with Crippen LogP contribution < -0.4 is 0 Å². The maximum absolute atomic E-state index is 12.9. The van der Waals surface area contributed by atoms with E-state index in [2.05, 4.69) is 0 Å². The Kier molecular flexibility index (Phi) is 5.75. The number of Topliss-reactive ketones (excluding diaryl/α,β-unsaturated/α-hetero) is 1. The maximum Gasteiger partial charge on any atom is 0.295 e. The number of non-ortho nitro benzene ring substituents is 1. The molecule has 4 rings (SSSR count). The van der Waals surface area contributed by atoms with Crippen molar-refractivity contribution in [2.75, 3.05) is 13.2 Å². The van der Waals surface area contributed by atoms with Crippen LogP contribution in [0.5, 0.6) is 0 Å². The average molecular weight is 443 g/mol. The first-order valence-electron chi connectivity index (χ1n) is 9.77. The smallest absolute Gasteiger partial charge is 0.295 e. The summed E-state index contributed by atoms with van der Waals surface area (Å²) in [5, 5.41) is 22.4. The normalized spacial score (nSPS) is 22.8. The van der Waals surface area contributed by atoms with Crippen LogP contribution in [0.3, 0.4) is 0 Å². The van der Waals surface area contributed by atoms with Crippen molar-refractivity contribution in [3.63, 3.8) is 0 Å². The van der Waals surface area contributed by atoms with Gasteiger partial charge in [-0.05, 0) is 54.8 Å². The van der Waals surface area contributed by atoms with Crippen LogP contribution in [0.25, 0.3) is 5.76 Å². The first-order valence-corrected chi connectivity index (χ1v) is 10.1. The average Bonchev–Trinajstić information content (AvgIpc) is 3.36. The lowest BCUT2D eigenvalue weighted by atomic mass is 9.95. The van der Waals surface area contributed by atoms with Crippen molar-refractivity contribution < 1.29 is 24.4 Å². The van der Waals surface area contributed by atoms with Crippen LogP contribution in [0.1, 0.15) is 30.0 Å². The highest BCUT2D eigenvalue weighted by Gasteiger charge is 2.47. The Hall–Kier alpha value is -3.23. The number of nitro benzene ring substituents is 1. The van der Waals surface area contributed by atoms with Crippen molar-refractivity contribution in [1.82, 2.24) is 4.90 Å². The van der Waals surface area contributed by atoms with Gasteiger partial charge in [0, 0.05) is 35.9 Å². The highest BCUT2D eigenvalue weighted by Crippen LogP contribution is 2.40. The first kappa shape index (κ1) is 21.0. The van der Waals surface area contributed by atoms with Crippen molar-refractivity contribution in [3.8, 4) is 0 Å². The summed E-state index contributed by atoms with van der Waals surface area (Å²) in [6.45, 7) is 0.769. The van der Waals surface area contributed by atoms with Gasteiger partial charge in [-0.1, -0.05) is 11.6 Å². The second kappa shape index (κ2) is 8.49. The van der Waals surface area contributed by atoms with E-state index in [9.17, 15) is 24.8 Å². The van der Waals surface area contributed by atoms with E-state index in [0.717, 1.165) is 12.8 Å². The zero-order chi connectivity index (χ0) is 22.1. The Morgan fingerprint density at radius 2 is 1.84 bits per heavy atom. The molecule has 2 atom stereocenters. The van der Waals surface area contributed by atoms with Crippen LogP contribution in [-0.2, 0) is 14.3 Å². The SMILES string of the molecule is O=C1C(=O)N(C[C@@H]2CCCO2)[C@@H](c2ccc([N+](=O)[O-])cc2)C1=C(O)c1ccc(Cl)cc1. The van der Waals surface area contributed by atoms with Crippen LogP contribution in [0, 0.1) is 10.1 Å². The number of aliphatic hydroxyl groups is 1. The summed E-state index contributed by atoms with van der Waals surface area (Å²) < 4.78 is 5.64.